The zero-order valence-electron chi connectivity index (χ0n) is 13.0. The van der Waals surface area contributed by atoms with Crippen LogP contribution < -0.4 is 5.32 Å². The van der Waals surface area contributed by atoms with Crippen LogP contribution in [0.2, 0.25) is 5.02 Å². The molecule has 0 spiro atoms. The summed E-state index contributed by atoms with van der Waals surface area (Å²) in [6.45, 7) is 3.32. The molecule has 124 valence electrons. The Morgan fingerprint density at radius 2 is 2.25 bits per heavy atom. The zero-order chi connectivity index (χ0) is 16.4. The number of hydrogen-bond donors (Lipinski definition) is 1. The Morgan fingerprint density at radius 1 is 1.33 bits per heavy atom. The molecule has 5 nitrogen and oxygen atoms in total. The average Bonchev–Trinajstić information content (AvgIpc) is 3.27. The number of thiophene rings is 1. The number of hydrogen-bond acceptors (Lipinski definition) is 6. The SMILES string of the molecule is Clc1ccccc1C1CNCCN1Cc1nc(-c2ccsc2)no1. The predicted octanol–water partition coefficient (Wildman–Crippen LogP) is 3.60. The molecule has 0 radical (unpaired) electrons. The standard InChI is InChI=1S/C17H17ClN4OS/c18-14-4-2-1-3-13(14)15-9-19-6-7-22(15)10-16-20-17(21-23-16)12-5-8-24-11-12/h1-5,8,11,15,19H,6-7,9-10H2. The van der Waals surface area contributed by atoms with Gasteiger partial charge < -0.3 is 9.84 Å². The summed E-state index contributed by atoms with van der Waals surface area (Å²) in [5.41, 5.74) is 2.13. The van der Waals surface area contributed by atoms with Gasteiger partial charge in [-0.25, -0.2) is 0 Å². The fourth-order valence-electron chi connectivity index (χ4n) is 2.99. The Hall–Kier alpha value is -1.73. The van der Waals surface area contributed by atoms with E-state index in [1.165, 1.54) is 0 Å². The van der Waals surface area contributed by atoms with Crippen molar-refractivity contribution in [1.82, 2.24) is 20.4 Å². The lowest BCUT2D eigenvalue weighted by molar-refractivity contribution is 0.136. The molecule has 3 aromatic rings. The van der Waals surface area contributed by atoms with Gasteiger partial charge in [0.15, 0.2) is 0 Å². The molecule has 1 fully saturated rings. The largest absolute Gasteiger partial charge is 0.338 e. The topological polar surface area (TPSA) is 54.2 Å². The van der Waals surface area contributed by atoms with E-state index in [1.54, 1.807) is 11.3 Å². The average molecular weight is 361 g/mol. The van der Waals surface area contributed by atoms with Crippen LogP contribution in [-0.2, 0) is 6.54 Å². The molecule has 1 unspecified atom stereocenters. The summed E-state index contributed by atoms with van der Waals surface area (Å²) in [4.78, 5) is 6.87. The van der Waals surface area contributed by atoms with Crippen LogP contribution in [0, 0.1) is 0 Å². The van der Waals surface area contributed by atoms with Crippen molar-refractivity contribution in [3.63, 3.8) is 0 Å². The molecule has 0 bridgehead atoms. The van der Waals surface area contributed by atoms with Crippen molar-refractivity contribution in [3.8, 4) is 11.4 Å². The molecule has 24 heavy (non-hydrogen) atoms. The molecule has 1 atom stereocenters. The molecule has 1 aromatic carbocycles. The van der Waals surface area contributed by atoms with E-state index < -0.39 is 0 Å². The van der Waals surface area contributed by atoms with E-state index in [4.69, 9.17) is 16.1 Å². The van der Waals surface area contributed by atoms with E-state index in [0.717, 1.165) is 35.8 Å². The van der Waals surface area contributed by atoms with Crippen LogP contribution >= 0.6 is 22.9 Å². The summed E-state index contributed by atoms with van der Waals surface area (Å²) in [5.74, 6) is 1.28. The van der Waals surface area contributed by atoms with Crippen molar-refractivity contribution in [2.75, 3.05) is 19.6 Å². The fourth-order valence-corrected chi connectivity index (χ4v) is 3.89. The first-order valence-electron chi connectivity index (χ1n) is 7.85. The number of benzene rings is 1. The number of rotatable bonds is 4. The van der Waals surface area contributed by atoms with Gasteiger partial charge in [0.1, 0.15) is 0 Å². The van der Waals surface area contributed by atoms with Gasteiger partial charge in [-0.2, -0.15) is 16.3 Å². The maximum Gasteiger partial charge on any atom is 0.241 e. The van der Waals surface area contributed by atoms with Gasteiger partial charge in [0, 0.05) is 41.6 Å². The fraction of sp³-hybridized carbons (Fsp3) is 0.294. The molecule has 1 N–H and O–H groups in total. The predicted molar refractivity (Wildman–Crippen MR) is 95.1 cm³/mol. The summed E-state index contributed by atoms with van der Waals surface area (Å²) in [6.07, 6.45) is 0. The molecule has 0 aliphatic carbocycles. The van der Waals surface area contributed by atoms with E-state index in [2.05, 4.69) is 26.4 Å². The molecule has 0 amide bonds. The lowest BCUT2D eigenvalue weighted by Crippen LogP contribution is -2.45. The number of nitrogens with one attached hydrogen (secondary N) is 1. The minimum atomic E-state index is 0.198. The van der Waals surface area contributed by atoms with Gasteiger partial charge in [0.05, 0.1) is 6.54 Å². The minimum Gasteiger partial charge on any atom is -0.338 e. The first-order chi connectivity index (χ1) is 11.8. The second-order valence-corrected chi connectivity index (χ2v) is 6.92. The van der Waals surface area contributed by atoms with Crippen LogP contribution in [0.15, 0.2) is 45.6 Å². The monoisotopic (exact) mass is 360 g/mol. The smallest absolute Gasteiger partial charge is 0.241 e. The van der Waals surface area contributed by atoms with Crippen LogP contribution in [-0.4, -0.2) is 34.7 Å². The van der Waals surface area contributed by atoms with Gasteiger partial charge in [-0.05, 0) is 23.1 Å². The second-order valence-electron chi connectivity index (χ2n) is 5.74. The van der Waals surface area contributed by atoms with Gasteiger partial charge in [0.2, 0.25) is 11.7 Å². The van der Waals surface area contributed by atoms with Crippen molar-refractivity contribution in [3.05, 3.63) is 57.6 Å². The first-order valence-corrected chi connectivity index (χ1v) is 9.17. The lowest BCUT2D eigenvalue weighted by atomic mass is 10.0. The molecule has 2 aromatic heterocycles. The van der Waals surface area contributed by atoms with Crippen molar-refractivity contribution >= 4 is 22.9 Å². The normalized spacial score (nSPS) is 18.8. The third kappa shape index (κ3) is 3.23. The molecule has 7 heteroatoms. The minimum absolute atomic E-state index is 0.198. The number of piperazine rings is 1. The molecule has 0 saturated carbocycles. The highest BCUT2D eigenvalue weighted by molar-refractivity contribution is 7.08. The molecular weight excluding hydrogens is 344 g/mol. The van der Waals surface area contributed by atoms with Crippen LogP contribution in [0.1, 0.15) is 17.5 Å². The quantitative estimate of drug-likeness (QED) is 0.770. The van der Waals surface area contributed by atoms with Crippen LogP contribution in [0.4, 0.5) is 0 Å². The summed E-state index contributed by atoms with van der Waals surface area (Å²) in [6, 6.07) is 10.2. The Bertz CT molecular complexity index is 805. The van der Waals surface area contributed by atoms with Crippen LogP contribution in [0.3, 0.4) is 0 Å². The van der Waals surface area contributed by atoms with Gasteiger partial charge in [-0.3, -0.25) is 4.90 Å². The van der Waals surface area contributed by atoms with Crippen molar-refractivity contribution in [2.45, 2.75) is 12.6 Å². The maximum absolute atomic E-state index is 6.39. The van der Waals surface area contributed by atoms with E-state index in [9.17, 15) is 0 Å². The molecular formula is C17H17ClN4OS. The van der Waals surface area contributed by atoms with E-state index in [0.29, 0.717) is 18.3 Å². The maximum atomic E-state index is 6.39. The number of halogens is 1. The molecule has 1 aliphatic heterocycles. The molecule has 3 heterocycles. The first kappa shape index (κ1) is 15.8. The van der Waals surface area contributed by atoms with Crippen molar-refractivity contribution < 1.29 is 4.52 Å². The Kier molecular flexibility index (Phi) is 4.62. The van der Waals surface area contributed by atoms with Crippen molar-refractivity contribution in [1.29, 1.82) is 0 Å². The number of aromatic nitrogens is 2. The number of nitrogens with zero attached hydrogens (tertiary/aromatic N) is 3. The van der Waals surface area contributed by atoms with Crippen LogP contribution in [0.5, 0.6) is 0 Å². The summed E-state index contributed by atoms with van der Waals surface area (Å²) in [7, 11) is 0. The van der Waals surface area contributed by atoms with Gasteiger partial charge in [-0.1, -0.05) is 35.0 Å². The highest BCUT2D eigenvalue weighted by Gasteiger charge is 2.27. The van der Waals surface area contributed by atoms with Gasteiger partial charge >= 0.3 is 0 Å². The van der Waals surface area contributed by atoms with E-state index in [1.807, 2.05) is 35.0 Å². The third-order valence-corrected chi connectivity index (χ3v) is 5.23. The van der Waals surface area contributed by atoms with Crippen LogP contribution in [0.25, 0.3) is 11.4 Å². The molecule has 1 saturated heterocycles. The summed E-state index contributed by atoms with van der Waals surface area (Å²) < 4.78 is 5.45. The molecule has 4 rings (SSSR count). The summed E-state index contributed by atoms with van der Waals surface area (Å²) in [5, 5.41) is 12.4. The highest BCUT2D eigenvalue weighted by atomic mass is 35.5. The third-order valence-electron chi connectivity index (χ3n) is 4.20. The van der Waals surface area contributed by atoms with E-state index >= 15 is 0 Å². The van der Waals surface area contributed by atoms with Gasteiger partial charge in [-0.15, -0.1) is 0 Å². The molecule has 1 aliphatic rings. The lowest BCUT2D eigenvalue weighted by Gasteiger charge is -2.35. The van der Waals surface area contributed by atoms with Gasteiger partial charge in [0.25, 0.3) is 0 Å². The van der Waals surface area contributed by atoms with E-state index in [-0.39, 0.29) is 6.04 Å². The highest BCUT2D eigenvalue weighted by Crippen LogP contribution is 2.29. The Balaban J connectivity index is 1.55. The second kappa shape index (κ2) is 7.03. The van der Waals surface area contributed by atoms with Crippen molar-refractivity contribution in [2.24, 2.45) is 0 Å². The zero-order valence-corrected chi connectivity index (χ0v) is 14.6. The summed E-state index contributed by atoms with van der Waals surface area (Å²) >= 11 is 8.02. The Morgan fingerprint density at radius 3 is 3.08 bits per heavy atom. The Labute approximate surface area is 149 Å².